The number of methoxy groups -OCH3 is 1. The molecule has 1 fully saturated rings. The van der Waals surface area contributed by atoms with Crippen LogP contribution in [0.1, 0.15) is 67.0 Å². The van der Waals surface area contributed by atoms with Crippen LogP contribution in [-0.2, 0) is 19.4 Å². The second-order valence-corrected chi connectivity index (χ2v) is 10.5. The van der Waals surface area contributed by atoms with Gasteiger partial charge in [-0.05, 0) is 85.0 Å². The van der Waals surface area contributed by atoms with Crippen molar-refractivity contribution < 1.29 is 9.47 Å². The van der Waals surface area contributed by atoms with Crippen molar-refractivity contribution in [2.75, 3.05) is 20.2 Å². The van der Waals surface area contributed by atoms with E-state index in [2.05, 4.69) is 66.2 Å². The van der Waals surface area contributed by atoms with Crippen molar-refractivity contribution in [3.05, 3.63) is 76.5 Å². The van der Waals surface area contributed by atoms with Gasteiger partial charge in [0.25, 0.3) is 0 Å². The van der Waals surface area contributed by atoms with Crippen molar-refractivity contribution in [3.8, 4) is 28.8 Å². The number of nitriles is 1. The van der Waals surface area contributed by atoms with Crippen LogP contribution in [0.5, 0.6) is 11.6 Å². The maximum absolute atomic E-state index is 9.79. The van der Waals surface area contributed by atoms with Crippen LogP contribution in [0, 0.1) is 17.2 Å². The molecule has 5 heteroatoms. The third kappa shape index (κ3) is 5.24. The van der Waals surface area contributed by atoms with Gasteiger partial charge >= 0.3 is 0 Å². The monoisotopic (exact) mass is 481 g/mol. The van der Waals surface area contributed by atoms with Gasteiger partial charge in [0.1, 0.15) is 17.9 Å². The molecule has 186 valence electrons. The first-order valence-corrected chi connectivity index (χ1v) is 13.1. The fraction of sp³-hybridized carbons (Fsp3) is 0.419. The molecule has 36 heavy (non-hydrogen) atoms. The third-order valence-electron chi connectivity index (χ3n) is 7.31. The Morgan fingerprint density at radius 3 is 2.69 bits per heavy atom. The summed E-state index contributed by atoms with van der Waals surface area (Å²) in [5, 5.41) is 9.79. The van der Waals surface area contributed by atoms with Crippen molar-refractivity contribution in [2.45, 2.75) is 58.6 Å². The number of hydrogen-bond donors (Lipinski definition) is 0. The molecule has 2 aromatic carbocycles. The summed E-state index contributed by atoms with van der Waals surface area (Å²) in [5.41, 5.74) is 7.57. The number of hydrogen-bond acceptors (Lipinski definition) is 5. The molecule has 0 saturated carbocycles. The van der Waals surface area contributed by atoms with Crippen molar-refractivity contribution in [1.29, 1.82) is 5.26 Å². The highest BCUT2D eigenvalue weighted by Crippen LogP contribution is 2.38. The highest BCUT2D eigenvalue weighted by Gasteiger charge is 2.24. The number of benzene rings is 2. The average molecular weight is 482 g/mol. The predicted octanol–water partition coefficient (Wildman–Crippen LogP) is 6.49. The summed E-state index contributed by atoms with van der Waals surface area (Å²) in [7, 11) is 1.61. The summed E-state index contributed by atoms with van der Waals surface area (Å²) in [6.45, 7) is 7.59. The summed E-state index contributed by atoms with van der Waals surface area (Å²) < 4.78 is 12.0. The second-order valence-electron chi connectivity index (χ2n) is 10.5. The van der Waals surface area contributed by atoms with Crippen LogP contribution in [0.2, 0.25) is 0 Å². The maximum atomic E-state index is 9.79. The van der Waals surface area contributed by atoms with Crippen LogP contribution in [0.25, 0.3) is 11.1 Å². The molecular formula is C31H35N3O2. The summed E-state index contributed by atoms with van der Waals surface area (Å²) >= 11 is 0. The number of aromatic nitrogens is 1. The third-order valence-corrected chi connectivity index (χ3v) is 7.31. The molecule has 3 aromatic rings. The number of fused-ring (bicyclic) bond motifs is 1. The van der Waals surface area contributed by atoms with E-state index in [1.54, 1.807) is 13.3 Å². The average Bonchev–Trinajstić information content (AvgIpc) is 3.40. The molecule has 1 atom stereocenters. The van der Waals surface area contributed by atoms with E-state index in [1.165, 1.54) is 35.1 Å². The minimum atomic E-state index is 0.0283. The Morgan fingerprint density at radius 1 is 1.11 bits per heavy atom. The van der Waals surface area contributed by atoms with Crippen LogP contribution < -0.4 is 9.47 Å². The predicted molar refractivity (Wildman–Crippen MR) is 142 cm³/mol. The van der Waals surface area contributed by atoms with Crippen molar-refractivity contribution >= 4 is 0 Å². The van der Waals surface area contributed by atoms with Crippen LogP contribution >= 0.6 is 0 Å². The highest BCUT2D eigenvalue weighted by atomic mass is 16.5. The SMILES string of the molecule is COc1cc(-c2ccc(C3CCc4ccc(CC(C)C)cc4O3)cc2CN2CCCC2)c(C#N)cn1. The van der Waals surface area contributed by atoms with Crippen molar-refractivity contribution in [3.63, 3.8) is 0 Å². The lowest BCUT2D eigenvalue weighted by Crippen LogP contribution is -2.20. The van der Waals surface area contributed by atoms with Gasteiger partial charge in [-0.15, -0.1) is 0 Å². The van der Waals surface area contributed by atoms with E-state index in [-0.39, 0.29) is 6.10 Å². The Labute approximate surface area is 214 Å². The lowest BCUT2D eigenvalue weighted by Gasteiger charge is -2.28. The van der Waals surface area contributed by atoms with Gasteiger partial charge in [0, 0.05) is 24.4 Å². The van der Waals surface area contributed by atoms with E-state index in [4.69, 9.17) is 9.47 Å². The first kappa shape index (κ1) is 24.3. The topological polar surface area (TPSA) is 58.4 Å². The minimum absolute atomic E-state index is 0.0283. The lowest BCUT2D eigenvalue weighted by molar-refractivity contribution is 0.176. The molecule has 5 rings (SSSR count). The van der Waals surface area contributed by atoms with Gasteiger partial charge in [-0.25, -0.2) is 4.98 Å². The van der Waals surface area contributed by atoms with E-state index in [0.717, 1.165) is 55.8 Å². The fourth-order valence-corrected chi connectivity index (χ4v) is 5.50. The molecule has 2 aliphatic heterocycles. The quantitative estimate of drug-likeness (QED) is 0.386. The largest absolute Gasteiger partial charge is 0.485 e. The number of rotatable bonds is 7. The minimum Gasteiger partial charge on any atom is -0.485 e. The van der Waals surface area contributed by atoms with Crippen molar-refractivity contribution in [1.82, 2.24) is 9.88 Å². The number of pyridine rings is 1. The smallest absolute Gasteiger partial charge is 0.213 e. The van der Waals surface area contributed by atoms with Gasteiger partial charge in [0.05, 0.1) is 12.7 Å². The van der Waals surface area contributed by atoms with Crippen LogP contribution in [0.3, 0.4) is 0 Å². The summed E-state index contributed by atoms with van der Waals surface area (Å²) in [6.07, 6.45) is 7.16. The first-order valence-electron chi connectivity index (χ1n) is 13.1. The zero-order chi connectivity index (χ0) is 25.1. The molecule has 0 bridgehead atoms. The van der Waals surface area contributed by atoms with Crippen LogP contribution in [0.15, 0.2) is 48.7 Å². The molecule has 0 aliphatic carbocycles. The van der Waals surface area contributed by atoms with Gasteiger partial charge in [-0.1, -0.05) is 44.2 Å². The van der Waals surface area contributed by atoms with Gasteiger partial charge in [-0.2, -0.15) is 5.26 Å². The molecule has 5 nitrogen and oxygen atoms in total. The fourth-order valence-electron chi connectivity index (χ4n) is 5.50. The number of ether oxygens (including phenoxy) is 2. The number of nitrogens with zero attached hydrogens (tertiary/aromatic N) is 3. The molecular weight excluding hydrogens is 446 g/mol. The summed E-state index contributed by atoms with van der Waals surface area (Å²) in [6, 6.07) is 17.6. The number of aryl methyl sites for hydroxylation is 1. The van der Waals surface area contributed by atoms with Crippen LogP contribution in [-0.4, -0.2) is 30.1 Å². The van der Waals surface area contributed by atoms with Gasteiger partial charge < -0.3 is 9.47 Å². The molecule has 3 heterocycles. The Morgan fingerprint density at radius 2 is 1.94 bits per heavy atom. The second kappa shape index (κ2) is 10.7. The van der Waals surface area contributed by atoms with Crippen LogP contribution in [0.4, 0.5) is 0 Å². The Balaban J connectivity index is 1.50. The zero-order valence-electron chi connectivity index (χ0n) is 21.6. The van der Waals surface area contributed by atoms with E-state index in [0.29, 0.717) is 17.4 Å². The van der Waals surface area contributed by atoms with Gasteiger partial charge in [-0.3, -0.25) is 4.90 Å². The molecule has 1 aromatic heterocycles. The molecule has 0 N–H and O–H groups in total. The number of likely N-dealkylation sites (tertiary alicyclic amines) is 1. The summed E-state index contributed by atoms with van der Waals surface area (Å²) in [4.78, 5) is 6.75. The Bertz CT molecular complexity index is 1270. The molecule has 0 amide bonds. The normalized spacial score (nSPS) is 17.5. The molecule has 1 saturated heterocycles. The highest BCUT2D eigenvalue weighted by molar-refractivity contribution is 5.74. The lowest BCUT2D eigenvalue weighted by atomic mass is 9.91. The van der Waals surface area contributed by atoms with E-state index < -0.39 is 0 Å². The van der Waals surface area contributed by atoms with Crippen molar-refractivity contribution in [2.24, 2.45) is 5.92 Å². The first-order chi connectivity index (χ1) is 17.5. The van der Waals surface area contributed by atoms with Gasteiger partial charge in [0.2, 0.25) is 5.88 Å². The standard InChI is InChI=1S/C31H35N3O2/c1-21(2)14-22-6-7-23-9-11-29(36-30(23)15-22)24-8-10-27(25(16-24)20-34-12-4-5-13-34)28-17-31(35-3)33-19-26(28)18-32/h6-8,10,15-17,19,21,29H,4-5,9,11-14,20H2,1-3H3. The van der Waals surface area contributed by atoms with Gasteiger partial charge in [0.15, 0.2) is 0 Å². The Hall–Kier alpha value is -3.36. The van der Waals surface area contributed by atoms with E-state index in [9.17, 15) is 5.26 Å². The molecule has 0 radical (unpaired) electrons. The van der Waals surface area contributed by atoms with E-state index in [1.807, 2.05) is 6.07 Å². The maximum Gasteiger partial charge on any atom is 0.213 e. The van der Waals surface area contributed by atoms with E-state index >= 15 is 0 Å². The molecule has 0 spiro atoms. The molecule has 1 unspecified atom stereocenters. The summed E-state index contributed by atoms with van der Waals surface area (Å²) in [5.74, 6) is 2.16. The molecule has 2 aliphatic rings. The Kier molecular flexibility index (Phi) is 7.25. The zero-order valence-corrected chi connectivity index (χ0v) is 21.6.